The van der Waals surface area contributed by atoms with Crippen molar-refractivity contribution < 1.29 is 4.74 Å². The van der Waals surface area contributed by atoms with Gasteiger partial charge >= 0.3 is 0 Å². The lowest BCUT2D eigenvalue weighted by Gasteiger charge is -2.06. The molecule has 0 fully saturated rings. The molecule has 3 rings (SSSR count). The van der Waals surface area contributed by atoms with Crippen molar-refractivity contribution in [2.45, 2.75) is 13.8 Å². The summed E-state index contributed by atoms with van der Waals surface area (Å²) in [5, 5.41) is 6.80. The number of hydrogen-bond donors (Lipinski definition) is 1. The zero-order valence-electron chi connectivity index (χ0n) is 13.8. The SMILES string of the molecule is Br.COC(=S)c1cc(-c2csc(Nc3ccc(C)cc3Br)n2)c(C)s1. The third-order valence-electron chi connectivity index (χ3n) is 3.45. The smallest absolute Gasteiger partial charge is 0.201 e. The quantitative estimate of drug-likeness (QED) is 0.380. The summed E-state index contributed by atoms with van der Waals surface area (Å²) >= 11 is 12.0. The largest absolute Gasteiger partial charge is 0.486 e. The van der Waals surface area contributed by atoms with E-state index in [1.807, 2.05) is 12.1 Å². The molecule has 3 nitrogen and oxygen atoms in total. The Hall–Kier alpha value is -0.800. The van der Waals surface area contributed by atoms with E-state index in [2.05, 4.69) is 52.6 Å². The lowest BCUT2D eigenvalue weighted by atomic mass is 10.2. The fourth-order valence-corrected chi connectivity index (χ4v) is 4.68. The molecule has 3 aromatic rings. The van der Waals surface area contributed by atoms with Crippen LogP contribution in [0.1, 0.15) is 15.3 Å². The van der Waals surface area contributed by atoms with Gasteiger partial charge in [-0.25, -0.2) is 4.98 Å². The van der Waals surface area contributed by atoms with Crippen LogP contribution in [-0.4, -0.2) is 17.1 Å². The van der Waals surface area contributed by atoms with Crippen molar-refractivity contribution in [2.24, 2.45) is 0 Å². The van der Waals surface area contributed by atoms with E-state index in [-0.39, 0.29) is 17.0 Å². The van der Waals surface area contributed by atoms with Crippen LogP contribution < -0.4 is 5.32 Å². The Morgan fingerprint density at radius 2 is 2.04 bits per heavy atom. The number of thiocarbonyl (C=S) groups is 1. The number of nitrogens with one attached hydrogen (secondary N) is 1. The number of aryl methyl sites for hydroxylation is 2. The number of aromatic nitrogens is 1. The second-order valence-electron chi connectivity index (χ2n) is 5.22. The molecular weight excluding hydrogens is 504 g/mol. The highest BCUT2D eigenvalue weighted by Gasteiger charge is 2.14. The molecule has 0 atom stereocenters. The maximum Gasteiger partial charge on any atom is 0.201 e. The van der Waals surface area contributed by atoms with Crippen LogP contribution >= 0.6 is 67.8 Å². The minimum absolute atomic E-state index is 0. The van der Waals surface area contributed by atoms with E-state index in [4.69, 9.17) is 21.9 Å². The van der Waals surface area contributed by atoms with Crippen LogP contribution in [0, 0.1) is 13.8 Å². The predicted octanol–water partition coefficient (Wildman–Crippen LogP) is 6.89. The lowest BCUT2D eigenvalue weighted by molar-refractivity contribution is 0.417. The van der Waals surface area contributed by atoms with Gasteiger partial charge in [0.2, 0.25) is 5.05 Å². The van der Waals surface area contributed by atoms with Gasteiger partial charge in [0.15, 0.2) is 5.13 Å². The summed E-state index contributed by atoms with van der Waals surface area (Å²) in [5.74, 6) is 0. The van der Waals surface area contributed by atoms with Gasteiger partial charge < -0.3 is 10.1 Å². The number of hydrogen-bond acceptors (Lipinski definition) is 6. The van der Waals surface area contributed by atoms with Gasteiger partial charge in [0, 0.05) is 20.3 Å². The number of thiazole rings is 1. The van der Waals surface area contributed by atoms with E-state index in [0.29, 0.717) is 5.05 Å². The molecule has 132 valence electrons. The third-order valence-corrected chi connectivity index (χ3v) is 6.43. The zero-order valence-corrected chi connectivity index (χ0v) is 19.5. The minimum atomic E-state index is 0. The number of halogens is 2. The number of ether oxygens (including phenoxy) is 1. The first-order valence-electron chi connectivity index (χ1n) is 7.15. The second kappa shape index (κ2) is 8.73. The van der Waals surface area contributed by atoms with E-state index < -0.39 is 0 Å². The van der Waals surface area contributed by atoms with Crippen LogP contribution in [0.3, 0.4) is 0 Å². The highest BCUT2D eigenvalue weighted by Crippen LogP contribution is 2.35. The van der Waals surface area contributed by atoms with Crippen molar-refractivity contribution in [3.05, 3.63) is 49.4 Å². The summed E-state index contributed by atoms with van der Waals surface area (Å²) in [6.45, 7) is 4.14. The van der Waals surface area contributed by atoms with Gasteiger partial charge in [-0.05, 0) is 65.8 Å². The average Bonchev–Trinajstić information content (AvgIpc) is 3.15. The molecule has 1 N–H and O–H groups in total. The van der Waals surface area contributed by atoms with Gasteiger partial charge in [-0.1, -0.05) is 6.07 Å². The number of rotatable bonds is 4. The Bertz CT molecular complexity index is 905. The van der Waals surface area contributed by atoms with Crippen molar-refractivity contribution in [2.75, 3.05) is 12.4 Å². The van der Waals surface area contributed by atoms with Crippen LogP contribution in [0.2, 0.25) is 0 Å². The molecule has 0 bridgehead atoms. The Kier molecular flexibility index (Phi) is 7.16. The van der Waals surface area contributed by atoms with E-state index >= 15 is 0 Å². The maximum absolute atomic E-state index is 5.21. The fraction of sp³-hybridized carbons (Fsp3) is 0.176. The third kappa shape index (κ3) is 4.68. The summed E-state index contributed by atoms with van der Waals surface area (Å²) in [4.78, 5) is 6.85. The number of thiophene rings is 1. The summed E-state index contributed by atoms with van der Waals surface area (Å²) in [6, 6.07) is 8.25. The Labute approximate surface area is 179 Å². The van der Waals surface area contributed by atoms with Crippen LogP contribution in [0.5, 0.6) is 0 Å². The molecule has 0 unspecified atom stereocenters. The average molecular weight is 520 g/mol. The van der Waals surface area contributed by atoms with E-state index in [1.54, 1.807) is 29.8 Å². The van der Waals surface area contributed by atoms with Gasteiger partial charge in [-0.3, -0.25) is 0 Å². The molecule has 25 heavy (non-hydrogen) atoms. The number of methoxy groups -OCH3 is 1. The van der Waals surface area contributed by atoms with Gasteiger partial charge in [-0.15, -0.1) is 39.7 Å². The molecule has 0 aliphatic carbocycles. The molecule has 0 saturated carbocycles. The summed E-state index contributed by atoms with van der Waals surface area (Å²) in [5.41, 5.74) is 4.26. The standard InChI is InChI=1S/C17H15BrN2OS3.BrH/c1-9-4-5-13(12(18)6-9)19-17-20-14(8-23-17)11-7-15(16(22)21-3)24-10(11)2;/h4-8H,1-3H3,(H,19,20);1H. The first kappa shape index (κ1) is 20.5. The number of benzene rings is 1. The van der Waals surface area contributed by atoms with Crippen LogP contribution in [0.4, 0.5) is 10.8 Å². The minimum Gasteiger partial charge on any atom is -0.486 e. The van der Waals surface area contributed by atoms with Gasteiger partial charge in [0.25, 0.3) is 0 Å². The van der Waals surface area contributed by atoms with E-state index in [0.717, 1.165) is 31.4 Å². The Morgan fingerprint density at radius 1 is 1.28 bits per heavy atom. The summed E-state index contributed by atoms with van der Waals surface area (Å²) in [7, 11) is 1.60. The van der Waals surface area contributed by atoms with Gasteiger partial charge in [-0.2, -0.15) is 0 Å². The lowest BCUT2D eigenvalue weighted by Crippen LogP contribution is -1.95. The van der Waals surface area contributed by atoms with Crippen molar-refractivity contribution in [1.82, 2.24) is 4.98 Å². The summed E-state index contributed by atoms with van der Waals surface area (Å²) in [6.07, 6.45) is 0. The molecule has 0 spiro atoms. The second-order valence-corrected chi connectivity index (χ2v) is 8.56. The molecular formula is C17H16Br2N2OS3. The van der Waals surface area contributed by atoms with Crippen molar-refractivity contribution in [1.29, 1.82) is 0 Å². The van der Waals surface area contributed by atoms with Crippen LogP contribution in [0.15, 0.2) is 34.1 Å². The van der Waals surface area contributed by atoms with Crippen molar-refractivity contribution in [3.63, 3.8) is 0 Å². The van der Waals surface area contributed by atoms with E-state index in [1.165, 1.54) is 10.4 Å². The van der Waals surface area contributed by atoms with Gasteiger partial charge in [0.05, 0.1) is 23.4 Å². The molecule has 0 saturated heterocycles. The van der Waals surface area contributed by atoms with Crippen LogP contribution in [0.25, 0.3) is 11.3 Å². The fourth-order valence-electron chi connectivity index (χ4n) is 2.23. The molecule has 2 aromatic heterocycles. The Balaban J connectivity index is 0.00000225. The molecule has 8 heteroatoms. The zero-order chi connectivity index (χ0) is 17.3. The van der Waals surface area contributed by atoms with E-state index in [9.17, 15) is 0 Å². The molecule has 2 heterocycles. The first-order chi connectivity index (χ1) is 11.5. The number of anilines is 2. The summed E-state index contributed by atoms with van der Waals surface area (Å²) < 4.78 is 6.18. The topological polar surface area (TPSA) is 34.1 Å². The highest BCUT2D eigenvalue weighted by atomic mass is 79.9. The molecule has 1 aromatic carbocycles. The van der Waals surface area contributed by atoms with Gasteiger partial charge in [0.1, 0.15) is 0 Å². The predicted molar refractivity (Wildman–Crippen MR) is 121 cm³/mol. The van der Waals surface area contributed by atoms with Crippen molar-refractivity contribution >= 4 is 83.7 Å². The maximum atomic E-state index is 5.21. The Morgan fingerprint density at radius 3 is 2.72 bits per heavy atom. The first-order valence-corrected chi connectivity index (χ1v) is 10.1. The van der Waals surface area contributed by atoms with Crippen molar-refractivity contribution in [3.8, 4) is 11.3 Å². The normalized spacial score (nSPS) is 10.2. The monoisotopic (exact) mass is 518 g/mol. The van der Waals surface area contributed by atoms with Crippen LogP contribution in [-0.2, 0) is 4.74 Å². The highest BCUT2D eigenvalue weighted by molar-refractivity contribution is 9.10. The molecule has 0 amide bonds. The molecule has 0 radical (unpaired) electrons. The molecule has 0 aliphatic rings. The molecule has 0 aliphatic heterocycles. The number of nitrogens with zero attached hydrogens (tertiary/aromatic N) is 1.